The number of ether oxygens (including phenoxy) is 2. The second kappa shape index (κ2) is 12.6. The molecule has 3 heterocycles. The zero-order chi connectivity index (χ0) is 32.5. The molecule has 0 amide bonds. The normalized spacial score (nSPS) is 14.7. The third-order valence-corrected chi connectivity index (χ3v) is 9.03. The van der Waals surface area contributed by atoms with Crippen LogP contribution in [-0.4, -0.2) is 35.3 Å². The number of carboxylic acids is 1. The van der Waals surface area contributed by atoms with Gasteiger partial charge in [0.1, 0.15) is 23.3 Å². The van der Waals surface area contributed by atoms with Gasteiger partial charge in [0, 0.05) is 17.2 Å². The molecule has 0 aliphatic carbocycles. The van der Waals surface area contributed by atoms with Crippen molar-refractivity contribution in [2.24, 2.45) is 4.99 Å². The molecule has 234 valence electrons. The Kier molecular flexibility index (Phi) is 8.46. The Morgan fingerprint density at radius 2 is 1.87 bits per heavy atom. The van der Waals surface area contributed by atoms with Crippen molar-refractivity contribution in [2.75, 3.05) is 13.7 Å². The molecule has 0 saturated heterocycles. The van der Waals surface area contributed by atoms with Crippen molar-refractivity contribution in [1.82, 2.24) is 4.57 Å². The highest BCUT2D eigenvalue weighted by molar-refractivity contribution is 7.07. The van der Waals surface area contributed by atoms with Crippen LogP contribution < -0.4 is 19.6 Å². The van der Waals surface area contributed by atoms with Gasteiger partial charge >= 0.3 is 11.9 Å². The topological polar surface area (TPSA) is 120 Å². The molecule has 6 rings (SSSR count). The van der Waals surface area contributed by atoms with Crippen molar-refractivity contribution >= 4 is 40.1 Å². The highest BCUT2D eigenvalue weighted by Crippen LogP contribution is 2.41. The number of carbonyl (C=O) groups excluding carboxylic acids is 1. The lowest BCUT2D eigenvalue weighted by atomic mass is 9.90. The molecule has 9 nitrogen and oxygen atoms in total. The number of esters is 1. The Balaban J connectivity index is 1.58. The standard InChI is InChI=1S/C36H32N2O7S/c1-5-10-26-31(35(42)44-6-2)32(30-25-12-8-7-11-21(25)15-17-28(30)43-4)38-33(39)29(46-36(38)37-26)19-22-16-18-27(45-22)23-13-9-14-24(20(23)3)34(40)41/h7-9,11-19,32H,5-6,10H2,1-4H3,(H,40,41)/b29-19-/t32-/m1/s1. The highest BCUT2D eigenvalue weighted by atomic mass is 32.1. The summed E-state index contributed by atoms with van der Waals surface area (Å²) >= 11 is 1.21. The highest BCUT2D eigenvalue weighted by Gasteiger charge is 2.37. The van der Waals surface area contributed by atoms with E-state index in [4.69, 9.17) is 18.9 Å². The van der Waals surface area contributed by atoms with Crippen molar-refractivity contribution in [2.45, 2.75) is 39.7 Å². The van der Waals surface area contributed by atoms with Gasteiger partial charge in [-0.1, -0.05) is 67.1 Å². The first-order chi connectivity index (χ1) is 22.3. The average molecular weight is 637 g/mol. The summed E-state index contributed by atoms with van der Waals surface area (Å²) in [5, 5.41) is 11.3. The van der Waals surface area contributed by atoms with Gasteiger partial charge in [0.05, 0.1) is 35.1 Å². The first-order valence-electron chi connectivity index (χ1n) is 15.0. The van der Waals surface area contributed by atoms with Gasteiger partial charge in [-0.15, -0.1) is 0 Å². The van der Waals surface area contributed by atoms with Gasteiger partial charge < -0.3 is 19.0 Å². The summed E-state index contributed by atoms with van der Waals surface area (Å²) in [6.07, 6.45) is 2.89. The van der Waals surface area contributed by atoms with E-state index in [1.807, 2.05) is 43.3 Å². The molecule has 2 aromatic heterocycles. The largest absolute Gasteiger partial charge is 0.496 e. The second-order valence-corrected chi connectivity index (χ2v) is 11.8. The summed E-state index contributed by atoms with van der Waals surface area (Å²) < 4.78 is 19.4. The summed E-state index contributed by atoms with van der Waals surface area (Å²) in [6.45, 7) is 5.66. The van der Waals surface area contributed by atoms with E-state index in [0.29, 0.717) is 61.0 Å². The number of furan rings is 1. The Hall–Kier alpha value is -5.22. The lowest BCUT2D eigenvalue weighted by Gasteiger charge is -2.28. The molecule has 10 heteroatoms. The Morgan fingerprint density at radius 1 is 1.07 bits per heavy atom. The van der Waals surface area contributed by atoms with Crippen molar-refractivity contribution in [3.05, 3.63) is 120 Å². The van der Waals surface area contributed by atoms with Crippen LogP contribution in [0.1, 0.15) is 60.0 Å². The fourth-order valence-corrected chi connectivity index (χ4v) is 6.97. The fourth-order valence-electron chi connectivity index (χ4n) is 5.97. The minimum atomic E-state index is -1.02. The van der Waals surface area contributed by atoms with Crippen molar-refractivity contribution in [1.29, 1.82) is 0 Å². The molecule has 5 aromatic rings. The molecule has 3 aromatic carbocycles. The van der Waals surface area contributed by atoms with E-state index in [1.54, 1.807) is 61.9 Å². The zero-order valence-electron chi connectivity index (χ0n) is 25.8. The number of hydrogen-bond acceptors (Lipinski definition) is 8. The number of allylic oxidation sites excluding steroid dienone is 1. The number of thiazole rings is 1. The number of methoxy groups -OCH3 is 1. The maximum Gasteiger partial charge on any atom is 0.338 e. The minimum Gasteiger partial charge on any atom is -0.496 e. The lowest BCUT2D eigenvalue weighted by Crippen LogP contribution is -2.40. The van der Waals surface area contributed by atoms with E-state index >= 15 is 0 Å². The van der Waals surface area contributed by atoms with E-state index in [2.05, 4.69) is 0 Å². The molecule has 0 spiro atoms. The maximum atomic E-state index is 14.3. The molecule has 46 heavy (non-hydrogen) atoms. The number of benzene rings is 3. The maximum absolute atomic E-state index is 14.3. The van der Waals surface area contributed by atoms with Gasteiger partial charge in [-0.2, -0.15) is 0 Å². The molecule has 0 bridgehead atoms. The van der Waals surface area contributed by atoms with E-state index in [9.17, 15) is 19.5 Å². The molecule has 1 atom stereocenters. The molecule has 1 aliphatic heterocycles. The zero-order valence-corrected chi connectivity index (χ0v) is 26.6. The number of aromatic carboxylic acids is 1. The van der Waals surface area contributed by atoms with Crippen LogP contribution in [0.15, 0.2) is 92.2 Å². The van der Waals surface area contributed by atoms with Gasteiger partial charge in [0.2, 0.25) is 0 Å². The van der Waals surface area contributed by atoms with Crippen LogP contribution in [0.2, 0.25) is 0 Å². The molecule has 0 fully saturated rings. The van der Waals surface area contributed by atoms with Crippen LogP contribution >= 0.6 is 11.3 Å². The lowest BCUT2D eigenvalue weighted by molar-refractivity contribution is -0.139. The molecule has 0 saturated carbocycles. The molecular weight excluding hydrogens is 604 g/mol. The smallest absolute Gasteiger partial charge is 0.338 e. The second-order valence-electron chi connectivity index (χ2n) is 10.8. The summed E-state index contributed by atoms with van der Waals surface area (Å²) in [5.74, 6) is -0.119. The number of rotatable bonds is 9. The minimum absolute atomic E-state index is 0.168. The fraction of sp³-hybridized carbons (Fsp3) is 0.222. The number of fused-ring (bicyclic) bond motifs is 2. The van der Waals surface area contributed by atoms with E-state index in [1.165, 1.54) is 11.3 Å². The van der Waals surface area contributed by atoms with Crippen LogP contribution in [-0.2, 0) is 9.53 Å². The van der Waals surface area contributed by atoms with Gasteiger partial charge in [0.15, 0.2) is 4.80 Å². The summed E-state index contributed by atoms with van der Waals surface area (Å²) in [5.41, 5.74) is 2.63. The predicted molar refractivity (Wildman–Crippen MR) is 176 cm³/mol. The van der Waals surface area contributed by atoms with E-state index in [0.717, 1.165) is 17.2 Å². The van der Waals surface area contributed by atoms with Crippen molar-refractivity contribution in [3.63, 3.8) is 0 Å². The van der Waals surface area contributed by atoms with E-state index in [-0.39, 0.29) is 17.7 Å². The Morgan fingerprint density at radius 3 is 2.61 bits per heavy atom. The van der Waals surface area contributed by atoms with Gasteiger partial charge in [-0.3, -0.25) is 9.36 Å². The van der Waals surface area contributed by atoms with Crippen LogP contribution in [0.4, 0.5) is 0 Å². The van der Waals surface area contributed by atoms with Crippen LogP contribution in [0, 0.1) is 6.92 Å². The molecule has 1 aliphatic rings. The van der Waals surface area contributed by atoms with Gasteiger partial charge in [0.25, 0.3) is 5.56 Å². The summed E-state index contributed by atoms with van der Waals surface area (Å²) in [4.78, 5) is 45.0. The SMILES string of the molecule is CCCC1=C(C(=O)OCC)[C@@H](c2c(OC)ccc3ccccc23)n2c(s/c(=C\c3ccc(-c4cccc(C(=O)O)c4C)o3)c2=O)=N1. The van der Waals surface area contributed by atoms with Crippen LogP contribution in [0.5, 0.6) is 5.75 Å². The number of carbonyl (C=O) groups is 2. The van der Waals surface area contributed by atoms with Crippen LogP contribution in [0.25, 0.3) is 28.2 Å². The van der Waals surface area contributed by atoms with Gasteiger partial charge in [-0.05, 0) is 60.9 Å². The van der Waals surface area contributed by atoms with E-state index < -0.39 is 18.0 Å². The molecular formula is C36H32N2O7S. The Labute approximate surface area is 268 Å². The predicted octanol–water partition coefficient (Wildman–Crippen LogP) is 6.01. The van der Waals surface area contributed by atoms with Gasteiger partial charge in [-0.25, -0.2) is 14.6 Å². The third kappa shape index (κ3) is 5.34. The number of hydrogen-bond donors (Lipinski definition) is 1. The number of carboxylic acid groups (broad SMARTS) is 1. The average Bonchev–Trinajstić information content (AvgIpc) is 3.63. The van der Waals surface area contributed by atoms with Crippen molar-refractivity contribution < 1.29 is 28.6 Å². The number of aromatic nitrogens is 1. The quantitative estimate of drug-likeness (QED) is 0.197. The Bertz CT molecular complexity index is 2220. The molecule has 0 radical (unpaired) electrons. The monoisotopic (exact) mass is 636 g/mol. The number of nitrogens with zero attached hydrogens (tertiary/aromatic N) is 2. The summed E-state index contributed by atoms with van der Waals surface area (Å²) in [6, 6.07) is 19.2. The summed E-state index contributed by atoms with van der Waals surface area (Å²) in [7, 11) is 1.57. The third-order valence-electron chi connectivity index (χ3n) is 8.05. The molecule has 1 N–H and O–H groups in total. The molecule has 0 unspecified atom stereocenters. The van der Waals surface area contributed by atoms with Crippen LogP contribution in [0.3, 0.4) is 0 Å². The first kappa shape index (κ1) is 30.8. The first-order valence-corrected chi connectivity index (χ1v) is 15.8. The van der Waals surface area contributed by atoms with Crippen molar-refractivity contribution in [3.8, 4) is 17.1 Å².